The molecule has 0 aromatic rings. The molecule has 9 heavy (non-hydrogen) atoms. The summed E-state index contributed by atoms with van der Waals surface area (Å²) in [6.07, 6.45) is 1.29. The van der Waals surface area contributed by atoms with Crippen molar-refractivity contribution in [2.75, 3.05) is 13.7 Å². The van der Waals surface area contributed by atoms with Crippen LogP contribution in [-0.4, -0.2) is 25.7 Å². The van der Waals surface area contributed by atoms with Gasteiger partial charge < -0.3 is 4.74 Å². The molecular formula is C5H7NO3. The van der Waals surface area contributed by atoms with Crippen LogP contribution in [0.1, 0.15) is 6.42 Å². The summed E-state index contributed by atoms with van der Waals surface area (Å²) in [7, 11) is 1.47. The third-order valence-corrected chi connectivity index (χ3v) is 0.690. The van der Waals surface area contributed by atoms with E-state index in [4.69, 9.17) is 0 Å². The number of carbonyl (C=O) groups excluding carboxylic acids is 2. The second-order valence-electron chi connectivity index (χ2n) is 1.34. The molecule has 0 bridgehead atoms. The summed E-state index contributed by atoms with van der Waals surface area (Å²) >= 11 is 0. The minimum Gasteiger partial charge on any atom is -0.384 e. The molecule has 0 spiro atoms. The number of carbonyl (C=O) groups is 1. The van der Waals surface area contributed by atoms with Crippen molar-refractivity contribution in [2.45, 2.75) is 6.42 Å². The van der Waals surface area contributed by atoms with E-state index in [1.54, 1.807) is 0 Å². The Balaban J connectivity index is 3.39. The number of hydrogen-bond acceptors (Lipinski definition) is 3. The number of ether oxygens (including phenoxy) is 1. The van der Waals surface area contributed by atoms with Gasteiger partial charge in [0.15, 0.2) is 0 Å². The first-order chi connectivity index (χ1) is 4.31. The predicted octanol–water partition coefficient (Wildman–Crippen LogP) is -0.115. The molecular weight excluding hydrogens is 122 g/mol. The molecule has 0 aliphatic rings. The topological polar surface area (TPSA) is 55.7 Å². The molecule has 50 valence electrons. The highest BCUT2D eigenvalue weighted by Gasteiger charge is 1.95. The number of amides is 1. The molecule has 0 rings (SSSR count). The van der Waals surface area contributed by atoms with Gasteiger partial charge in [0, 0.05) is 7.11 Å². The van der Waals surface area contributed by atoms with Gasteiger partial charge in [-0.2, -0.15) is 0 Å². The Labute approximate surface area is 52.5 Å². The fourth-order valence-electron chi connectivity index (χ4n) is 0.296. The standard InChI is InChI=1S/C5H7NO3/c1-9-3-2-5(8)6-4-7/h2-3H2,1H3. The van der Waals surface area contributed by atoms with Crippen molar-refractivity contribution in [1.82, 2.24) is 0 Å². The van der Waals surface area contributed by atoms with E-state index in [1.807, 2.05) is 0 Å². The van der Waals surface area contributed by atoms with E-state index < -0.39 is 5.91 Å². The number of isocyanates is 1. The number of aliphatic imine (C=N–C) groups is 1. The summed E-state index contributed by atoms with van der Waals surface area (Å²) in [5.41, 5.74) is 0. The number of hydrogen-bond donors (Lipinski definition) is 0. The van der Waals surface area contributed by atoms with E-state index in [1.165, 1.54) is 7.11 Å². The Morgan fingerprint density at radius 1 is 1.78 bits per heavy atom. The molecule has 0 atom stereocenters. The highest BCUT2D eigenvalue weighted by molar-refractivity contribution is 5.81. The Morgan fingerprint density at radius 2 is 2.44 bits per heavy atom. The van der Waals surface area contributed by atoms with Crippen molar-refractivity contribution in [1.29, 1.82) is 0 Å². The van der Waals surface area contributed by atoms with Crippen LogP contribution < -0.4 is 0 Å². The zero-order chi connectivity index (χ0) is 7.11. The molecule has 0 N–H and O–H groups in total. The fraction of sp³-hybridized carbons (Fsp3) is 0.600. The lowest BCUT2D eigenvalue weighted by molar-refractivity contribution is -0.118. The maximum atomic E-state index is 10.3. The van der Waals surface area contributed by atoms with Crippen LogP contribution in [0.2, 0.25) is 0 Å². The van der Waals surface area contributed by atoms with Gasteiger partial charge in [0.05, 0.1) is 13.0 Å². The van der Waals surface area contributed by atoms with Crippen LogP contribution in [0.5, 0.6) is 0 Å². The second-order valence-corrected chi connectivity index (χ2v) is 1.34. The van der Waals surface area contributed by atoms with Crippen LogP contribution in [-0.2, 0) is 14.3 Å². The smallest absolute Gasteiger partial charge is 0.258 e. The quantitative estimate of drug-likeness (QED) is 0.394. The molecule has 0 saturated carbocycles. The van der Waals surface area contributed by atoms with E-state index in [-0.39, 0.29) is 6.42 Å². The number of rotatable bonds is 3. The molecule has 0 unspecified atom stereocenters. The van der Waals surface area contributed by atoms with Gasteiger partial charge in [-0.1, -0.05) is 0 Å². The van der Waals surface area contributed by atoms with E-state index in [0.717, 1.165) is 6.08 Å². The minimum atomic E-state index is -0.494. The molecule has 0 fully saturated rings. The average molecular weight is 129 g/mol. The maximum absolute atomic E-state index is 10.3. The second kappa shape index (κ2) is 5.15. The van der Waals surface area contributed by atoms with Crippen LogP contribution in [0, 0.1) is 0 Å². The van der Waals surface area contributed by atoms with Crippen molar-refractivity contribution in [2.24, 2.45) is 4.99 Å². The monoisotopic (exact) mass is 129 g/mol. The first-order valence-electron chi connectivity index (χ1n) is 2.41. The van der Waals surface area contributed by atoms with Crippen molar-refractivity contribution < 1.29 is 14.3 Å². The number of methoxy groups -OCH3 is 1. The van der Waals surface area contributed by atoms with Crippen LogP contribution >= 0.6 is 0 Å². The van der Waals surface area contributed by atoms with Crippen molar-refractivity contribution in [3.05, 3.63) is 0 Å². The summed E-state index contributed by atoms with van der Waals surface area (Å²) in [6, 6.07) is 0. The fourth-order valence-corrected chi connectivity index (χ4v) is 0.296. The van der Waals surface area contributed by atoms with Crippen molar-refractivity contribution in [3.8, 4) is 0 Å². The van der Waals surface area contributed by atoms with Gasteiger partial charge in [-0.25, -0.2) is 4.79 Å². The average Bonchev–Trinajstić information content (AvgIpc) is 1.85. The lowest BCUT2D eigenvalue weighted by atomic mass is 10.4. The van der Waals surface area contributed by atoms with Gasteiger partial charge in [-0.15, -0.1) is 4.99 Å². The van der Waals surface area contributed by atoms with E-state index in [9.17, 15) is 9.59 Å². The summed E-state index contributed by atoms with van der Waals surface area (Å²) in [5, 5.41) is 0. The van der Waals surface area contributed by atoms with Crippen LogP contribution in [0.15, 0.2) is 4.99 Å². The first kappa shape index (κ1) is 8.01. The van der Waals surface area contributed by atoms with E-state index in [0.29, 0.717) is 6.61 Å². The third-order valence-electron chi connectivity index (χ3n) is 0.690. The first-order valence-corrected chi connectivity index (χ1v) is 2.41. The Hall–Kier alpha value is -0.990. The Kier molecular flexibility index (Phi) is 4.59. The summed E-state index contributed by atoms with van der Waals surface area (Å²) < 4.78 is 4.55. The molecule has 0 aromatic carbocycles. The van der Waals surface area contributed by atoms with Gasteiger partial charge in [-0.05, 0) is 0 Å². The Morgan fingerprint density at radius 3 is 2.89 bits per heavy atom. The molecule has 4 heteroatoms. The van der Waals surface area contributed by atoms with Crippen LogP contribution in [0.25, 0.3) is 0 Å². The maximum Gasteiger partial charge on any atom is 0.258 e. The molecule has 0 aliphatic carbocycles. The van der Waals surface area contributed by atoms with Crippen LogP contribution in [0.4, 0.5) is 0 Å². The molecule has 0 radical (unpaired) electrons. The van der Waals surface area contributed by atoms with E-state index in [2.05, 4.69) is 9.73 Å². The molecule has 4 nitrogen and oxygen atoms in total. The van der Waals surface area contributed by atoms with Gasteiger partial charge in [-0.3, -0.25) is 4.79 Å². The SMILES string of the molecule is COCCC(=O)N=C=O. The molecule has 0 aromatic heterocycles. The van der Waals surface area contributed by atoms with E-state index >= 15 is 0 Å². The molecule has 0 aliphatic heterocycles. The molecule has 0 heterocycles. The minimum absolute atomic E-state index is 0.145. The normalized spacial score (nSPS) is 8.11. The zero-order valence-electron chi connectivity index (χ0n) is 5.09. The molecule has 0 saturated heterocycles. The highest BCUT2D eigenvalue weighted by atomic mass is 16.5. The number of nitrogens with zero attached hydrogens (tertiary/aromatic N) is 1. The summed E-state index contributed by atoms with van der Waals surface area (Å²) in [5.74, 6) is -0.494. The Bertz CT molecular complexity index is 137. The highest BCUT2D eigenvalue weighted by Crippen LogP contribution is 1.82. The summed E-state index contributed by atoms with van der Waals surface area (Å²) in [6.45, 7) is 0.296. The zero-order valence-corrected chi connectivity index (χ0v) is 5.09. The lowest BCUT2D eigenvalue weighted by Crippen LogP contribution is -1.98. The van der Waals surface area contributed by atoms with Gasteiger partial charge in [0.2, 0.25) is 6.08 Å². The summed E-state index contributed by atoms with van der Waals surface area (Å²) in [4.78, 5) is 22.6. The lowest BCUT2D eigenvalue weighted by Gasteiger charge is -1.89. The predicted molar refractivity (Wildman–Crippen MR) is 29.6 cm³/mol. The van der Waals surface area contributed by atoms with Crippen LogP contribution in [0.3, 0.4) is 0 Å². The van der Waals surface area contributed by atoms with Gasteiger partial charge >= 0.3 is 0 Å². The van der Waals surface area contributed by atoms with Crippen molar-refractivity contribution >= 4 is 12.0 Å². The van der Waals surface area contributed by atoms with Crippen molar-refractivity contribution in [3.63, 3.8) is 0 Å². The van der Waals surface area contributed by atoms with Gasteiger partial charge in [0.25, 0.3) is 5.91 Å². The third kappa shape index (κ3) is 4.87. The van der Waals surface area contributed by atoms with Gasteiger partial charge in [0.1, 0.15) is 0 Å². The molecule has 1 amide bonds. The largest absolute Gasteiger partial charge is 0.384 e.